The van der Waals surface area contributed by atoms with E-state index in [9.17, 15) is 4.79 Å². The Balaban J connectivity index is 1.92. The second-order valence-electron chi connectivity index (χ2n) is 6.28. The highest BCUT2D eigenvalue weighted by Crippen LogP contribution is 2.30. The summed E-state index contributed by atoms with van der Waals surface area (Å²) < 4.78 is 11.1. The van der Waals surface area contributed by atoms with E-state index in [2.05, 4.69) is 10.2 Å². The number of hydrogen-bond donors (Lipinski definition) is 1. The Hall–Kier alpha value is -0.650. The monoisotopic (exact) mass is 298 g/mol. The molecule has 1 N–H and O–H groups in total. The number of nitrogens with one attached hydrogen (secondary N) is 1. The second kappa shape index (κ2) is 7.56. The molecular weight excluding hydrogens is 268 g/mol. The van der Waals surface area contributed by atoms with Crippen molar-refractivity contribution in [2.75, 3.05) is 32.8 Å². The van der Waals surface area contributed by atoms with Crippen LogP contribution in [0.4, 0.5) is 0 Å². The Kier molecular flexibility index (Phi) is 6.02. The minimum absolute atomic E-state index is 0.136. The van der Waals surface area contributed by atoms with Crippen LogP contribution in [-0.2, 0) is 14.3 Å². The molecule has 0 aromatic heterocycles. The predicted molar refractivity (Wildman–Crippen MR) is 82.3 cm³/mol. The fraction of sp³-hybridized carbons (Fsp3) is 0.938. The van der Waals surface area contributed by atoms with Crippen molar-refractivity contribution in [2.24, 2.45) is 0 Å². The molecule has 1 saturated heterocycles. The molecule has 2 aliphatic rings. The van der Waals surface area contributed by atoms with E-state index in [0.717, 1.165) is 32.7 Å². The van der Waals surface area contributed by atoms with Gasteiger partial charge in [0.1, 0.15) is 5.54 Å². The quantitative estimate of drug-likeness (QED) is 0.723. The first-order chi connectivity index (χ1) is 10.1. The number of rotatable bonds is 7. The van der Waals surface area contributed by atoms with Gasteiger partial charge in [0.2, 0.25) is 0 Å². The van der Waals surface area contributed by atoms with Gasteiger partial charge in [-0.25, -0.2) is 0 Å². The number of carbonyl (C=O) groups excluding carboxylic acids is 1. The summed E-state index contributed by atoms with van der Waals surface area (Å²) in [4.78, 5) is 14.7. The van der Waals surface area contributed by atoms with Crippen LogP contribution in [0.2, 0.25) is 0 Å². The number of likely N-dealkylation sites (N-methyl/N-ethyl adjacent to an activating group) is 1. The molecule has 2 fully saturated rings. The van der Waals surface area contributed by atoms with Gasteiger partial charge in [0.15, 0.2) is 0 Å². The number of nitrogens with zero attached hydrogens (tertiary/aromatic N) is 1. The van der Waals surface area contributed by atoms with E-state index in [1.54, 1.807) is 0 Å². The lowest BCUT2D eigenvalue weighted by Crippen LogP contribution is -2.55. The van der Waals surface area contributed by atoms with Gasteiger partial charge in [-0.1, -0.05) is 6.92 Å². The summed E-state index contributed by atoms with van der Waals surface area (Å²) in [5, 5.41) is 3.31. The molecule has 0 aromatic carbocycles. The SMILES string of the molecule is CCNC(C)(CCN1CCOC2CCCC21)C(=O)OCC. The molecule has 0 radical (unpaired) electrons. The minimum Gasteiger partial charge on any atom is -0.465 e. The van der Waals surface area contributed by atoms with Gasteiger partial charge >= 0.3 is 5.97 Å². The van der Waals surface area contributed by atoms with E-state index in [0.29, 0.717) is 18.8 Å². The highest BCUT2D eigenvalue weighted by atomic mass is 16.5. The highest BCUT2D eigenvalue weighted by Gasteiger charge is 2.39. The molecule has 3 unspecified atom stereocenters. The Bertz CT molecular complexity index is 350. The molecule has 5 nitrogen and oxygen atoms in total. The van der Waals surface area contributed by atoms with Gasteiger partial charge < -0.3 is 14.8 Å². The number of ether oxygens (including phenoxy) is 2. The molecule has 0 aromatic rings. The van der Waals surface area contributed by atoms with E-state index < -0.39 is 5.54 Å². The summed E-state index contributed by atoms with van der Waals surface area (Å²) in [6.45, 7) is 9.76. The Labute approximate surface area is 128 Å². The zero-order valence-corrected chi connectivity index (χ0v) is 13.7. The number of esters is 1. The molecule has 1 aliphatic carbocycles. The van der Waals surface area contributed by atoms with Crippen LogP contribution in [0.15, 0.2) is 0 Å². The lowest BCUT2D eigenvalue weighted by molar-refractivity contribution is -0.151. The van der Waals surface area contributed by atoms with Gasteiger partial charge in [0, 0.05) is 19.1 Å². The molecule has 1 saturated carbocycles. The smallest absolute Gasteiger partial charge is 0.326 e. The van der Waals surface area contributed by atoms with Gasteiger partial charge in [-0.15, -0.1) is 0 Å². The molecule has 0 amide bonds. The van der Waals surface area contributed by atoms with Crippen LogP contribution in [0.5, 0.6) is 0 Å². The van der Waals surface area contributed by atoms with E-state index >= 15 is 0 Å². The van der Waals surface area contributed by atoms with Gasteiger partial charge in [-0.2, -0.15) is 0 Å². The van der Waals surface area contributed by atoms with Crippen LogP contribution in [0.25, 0.3) is 0 Å². The van der Waals surface area contributed by atoms with Crippen molar-refractivity contribution in [1.82, 2.24) is 10.2 Å². The van der Waals surface area contributed by atoms with Gasteiger partial charge in [-0.05, 0) is 46.1 Å². The second-order valence-corrected chi connectivity index (χ2v) is 6.28. The fourth-order valence-electron chi connectivity index (χ4n) is 3.59. The van der Waals surface area contributed by atoms with E-state index in [1.807, 2.05) is 20.8 Å². The Morgan fingerprint density at radius 1 is 1.43 bits per heavy atom. The Morgan fingerprint density at radius 2 is 2.24 bits per heavy atom. The van der Waals surface area contributed by atoms with Crippen molar-refractivity contribution in [1.29, 1.82) is 0 Å². The zero-order valence-electron chi connectivity index (χ0n) is 13.7. The number of fused-ring (bicyclic) bond motifs is 1. The molecule has 2 rings (SSSR count). The third-order valence-electron chi connectivity index (χ3n) is 4.79. The standard InChI is InChI=1S/C16H30N2O3/c1-4-17-16(3,15(19)20-5-2)9-10-18-11-12-21-14-8-6-7-13(14)18/h13-14,17H,4-12H2,1-3H3. The summed E-state index contributed by atoms with van der Waals surface area (Å²) in [5.41, 5.74) is -0.586. The van der Waals surface area contributed by atoms with Crippen molar-refractivity contribution >= 4 is 5.97 Å². The molecule has 5 heteroatoms. The average molecular weight is 298 g/mol. The predicted octanol–water partition coefficient (Wildman–Crippen LogP) is 1.56. The maximum atomic E-state index is 12.2. The molecule has 1 aliphatic heterocycles. The van der Waals surface area contributed by atoms with E-state index in [4.69, 9.17) is 9.47 Å². The first-order valence-electron chi connectivity index (χ1n) is 8.38. The summed E-state index contributed by atoms with van der Waals surface area (Å²) in [6.07, 6.45) is 4.86. The van der Waals surface area contributed by atoms with Gasteiger partial charge in [-0.3, -0.25) is 9.69 Å². The van der Waals surface area contributed by atoms with Crippen LogP contribution < -0.4 is 5.32 Å². The fourth-order valence-corrected chi connectivity index (χ4v) is 3.59. The molecule has 122 valence electrons. The molecule has 3 atom stereocenters. The van der Waals surface area contributed by atoms with Crippen molar-refractivity contribution in [2.45, 2.75) is 64.1 Å². The van der Waals surface area contributed by atoms with Crippen LogP contribution in [0.1, 0.15) is 46.5 Å². The summed E-state index contributed by atoms with van der Waals surface area (Å²) in [5.74, 6) is -0.136. The molecule has 1 heterocycles. The van der Waals surface area contributed by atoms with Crippen molar-refractivity contribution in [3.8, 4) is 0 Å². The van der Waals surface area contributed by atoms with E-state index in [-0.39, 0.29) is 5.97 Å². The minimum atomic E-state index is -0.586. The lowest BCUT2D eigenvalue weighted by atomic mass is 9.96. The van der Waals surface area contributed by atoms with Crippen molar-refractivity contribution < 1.29 is 14.3 Å². The normalized spacial score (nSPS) is 28.9. The van der Waals surface area contributed by atoms with Crippen LogP contribution in [0, 0.1) is 0 Å². The lowest BCUT2D eigenvalue weighted by Gasteiger charge is -2.39. The Morgan fingerprint density at radius 3 is 2.95 bits per heavy atom. The van der Waals surface area contributed by atoms with Crippen LogP contribution >= 0.6 is 0 Å². The van der Waals surface area contributed by atoms with Gasteiger partial charge in [0.25, 0.3) is 0 Å². The molecule has 21 heavy (non-hydrogen) atoms. The topological polar surface area (TPSA) is 50.8 Å². The first kappa shape index (κ1) is 16.7. The third-order valence-corrected chi connectivity index (χ3v) is 4.79. The highest BCUT2D eigenvalue weighted by molar-refractivity contribution is 5.80. The number of hydrogen-bond acceptors (Lipinski definition) is 5. The number of carbonyl (C=O) groups is 1. The summed E-state index contributed by atoms with van der Waals surface area (Å²) in [6, 6.07) is 0.548. The van der Waals surface area contributed by atoms with Crippen LogP contribution in [-0.4, -0.2) is 61.4 Å². The van der Waals surface area contributed by atoms with Crippen molar-refractivity contribution in [3.63, 3.8) is 0 Å². The summed E-state index contributed by atoms with van der Waals surface area (Å²) in [7, 11) is 0. The molecule has 0 spiro atoms. The average Bonchev–Trinajstić information content (AvgIpc) is 2.94. The maximum absolute atomic E-state index is 12.2. The largest absolute Gasteiger partial charge is 0.465 e. The molecular formula is C16H30N2O3. The maximum Gasteiger partial charge on any atom is 0.326 e. The zero-order chi connectivity index (χ0) is 15.3. The first-order valence-corrected chi connectivity index (χ1v) is 8.38. The van der Waals surface area contributed by atoms with Crippen LogP contribution in [0.3, 0.4) is 0 Å². The van der Waals surface area contributed by atoms with E-state index in [1.165, 1.54) is 19.3 Å². The number of morpholine rings is 1. The third kappa shape index (κ3) is 3.96. The van der Waals surface area contributed by atoms with Gasteiger partial charge in [0.05, 0.1) is 19.3 Å². The van der Waals surface area contributed by atoms with Crippen molar-refractivity contribution in [3.05, 3.63) is 0 Å². The molecule has 0 bridgehead atoms. The summed E-state index contributed by atoms with van der Waals surface area (Å²) >= 11 is 0.